The van der Waals surface area contributed by atoms with Gasteiger partial charge in [0.2, 0.25) is 0 Å². The van der Waals surface area contributed by atoms with Gasteiger partial charge in [0.05, 0.1) is 16.6 Å². The van der Waals surface area contributed by atoms with E-state index in [1.165, 1.54) is 25.6 Å². The van der Waals surface area contributed by atoms with Crippen molar-refractivity contribution in [3.63, 3.8) is 0 Å². The third kappa shape index (κ3) is 3.92. The highest BCUT2D eigenvalue weighted by molar-refractivity contribution is 5.99. The molecule has 2 bridgehead atoms. The van der Waals surface area contributed by atoms with Crippen LogP contribution < -0.4 is 15.8 Å². The number of nitrogen functional groups attached to an aromatic ring is 1. The van der Waals surface area contributed by atoms with Crippen LogP contribution in [-0.4, -0.2) is 64.9 Å². The topological polar surface area (TPSA) is 138 Å². The van der Waals surface area contributed by atoms with Crippen molar-refractivity contribution in [2.75, 3.05) is 17.7 Å². The molecule has 1 aliphatic heterocycles. The van der Waals surface area contributed by atoms with Gasteiger partial charge in [-0.3, -0.25) is 4.68 Å². The number of rotatable bonds is 7. The minimum absolute atomic E-state index is 0.0462. The molecule has 0 unspecified atom stereocenters. The number of aryl methyl sites for hydroxylation is 1. The fourth-order valence-electron chi connectivity index (χ4n) is 6.46. The molecule has 9 rings (SSSR count). The highest BCUT2D eigenvalue weighted by Gasteiger charge is 2.56. The molecule has 41 heavy (non-hydrogen) atoms. The van der Waals surface area contributed by atoms with Crippen LogP contribution in [0.2, 0.25) is 0 Å². The van der Waals surface area contributed by atoms with Crippen molar-refractivity contribution in [2.24, 2.45) is 13.0 Å². The Bertz CT molecular complexity index is 1790. The summed E-state index contributed by atoms with van der Waals surface area (Å²) in [4.78, 5) is 13.3. The number of benzene rings is 1. The van der Waals surface area contributed by atoms with E-state index in [4.69, 9.17) is 20.2 Å². The molecule has 12 heteroatoms. The van der Waals surface area contributed by atoms with Gasteiger partial charge >= 0.3 is 0 Å². The number of hydrogen-bond acceptors (Lipinski definition) is 9. The standard InChI is InChI=1S/C29H29FN8O3/c1-37-7-6-19(36-37)18-12-38(27-23(18)26(31)32-14-33-27)28-24(30)25(39)21(41-28)13-40-17-4-2-16-3-5-22(34-20(16)8-17)35-29-9-15(10-29)11-29/h2-8,12,14-15,21,24-25,28,39H,9-11,13H2,1H3,(H,34,35)(H2,31,32,33)/t15?,21-,24+,25-,28-,29?/m1/s1. The molecule has 4 fully saturated rings. The van der Waals surface area contributed by atoms with Crippen molar-refractivity contribution in [3.8, 4) is 17.0 Å². The second kappa shape index (κ2) is 8.85. The summed E-state index contributed by atoms with van der Waals surface area (Å²) in [6.45, 7) is -0.0462. The van der Waals surface area contributed by atoms with Crippen LogP contribution in [0.5, 0.6) is 5.75 Å². The van der Waals surface area contributed by atoms with Gasteiger partial charge in [0, 0.05) is 42.0 Å². The third-order valence-corrected chi connectivity index (χ3v) is 8.71. The largest absolute Gasteiger partial charge is 0.491 e. The first-order valence-corrected chi connectivity index (χ1v) is 13.8. The lowest BCUT2D eigenvalue weighted by atomic mass is 9.50. The summed E-state index contributed by atoms with van der Waals surface area (Å²) < 4.78 is 30.8. The number of hydrogen-bond donors (Lipinski definition) is 3. The van der Waals surface area contributed by atoms with Crippen LogP contribution in [-0.2, 0) is 11.8 Å². The maximum absolute atomic E-state index is 15.5. The van der Waals surface area contributed by atoms with E-state index >= 15 is 4.39 Å². The monoisotopic (exact) mass is 556 g/mol. The minimum Gasteiger partial charge on any atom is -0.491 e. The van der Waals surface area contributed by atoms with Crippen LogP contribution in [0, 0.1) is 5.92 Å². The molecule has 4 N–H and O–H groups in total. The number of aliphatic hydroxyl groups is 1. The van der Waals surface area contributed by atoms with Gasteiger partial charge in [-0.25, -0.2) is 19.3 Å². The third-order valence-electron chi connectivity index (χ3n) is 8.71. The van der Waals surface area contributed by atoms with Gasteiger partial charge in [0.25, 0.3) is 0 Å². The van der Waals surface area contributed by atoms with E-state index in [1.54, 1.807) is 28.7 Å². The van der Waals surface area contributed by atoms with Gasteiger partial charge in [0.1, 0.15) is 48.2 Å². The quantitative estimate of drug-likeness (QED) is 0.274. The van der Waals surface area contributed by atoms with Crippen molar-refractivity contribution >= 4 is 33.6 Å². The minimum atomic E-state index is -1.73. The first-order valence-electron chi connectivity index (χ1n) is 13.8. The number of aromatic nitrogens is 6. The molecule has 3 saturated carbocycles. The second-order valence-electron chi connectivity index (χ2n) is 11.5. The summed E-state index contributed by atoms with van der Waals surface area (Å²) in [6, 6.07) is 11.5. The molecule has 0 spiro atoms. The zero-order chi connectivity index (χ0) is 27.9. The fourth-order valence-corrected chi connectivity index (χ4v) is 6.46. The summed E-state index contributed by atoms with van der Waals surface area (Å²) >= 11 is 0. The average molecular weight is 557 g/mol. The first kappa shape index (κ1) is 24.5. The van der Waals surface area contributed by atoms with Crippen molar-refractivity contribution in [1.82, 2.24) is 29.3 Å². The molecule has 4 aliphatic rings. The van der Waals surface area contributed by atoms with Gasteiger partial charge in [-0.05, 0) is 55.5 Å². The lowest BCUT2D eigenvalue weighted by molar-refractivity contribution is -0.0410. The zero-order valence-corrected chi connectivity index (χ0v) is 22.3. The summed E-state index contributed by atoms with van der Waals surface area (Å²) in [7, 11) is 1.81. The van der Waals surface area contributed by atoms with Crippen LogP contribution in [0.15, 0.2) is 55.1 Å². The van der Waals surface area contributed by atoms with E-state index < -0.39 is 24.6 Å². The number of anilines is 2. The van der Waals surface area contributed by atoms with E-state index in [1.807, 2.05) is 36.4 Å². The number of alkyl halides is 1. The molecule has 1 saturated heterocycles. The normalized spacial score (nSPS) is 28.5. The van der Waals surface area contributed by atoms with Crippen LogP contribution in [0.4, 0.5) is 16.0 Å². The van der Waals surface area contributed by atoms with Crippen LogP contribution >= 0.6 is 0 Å². The summed E-state index contributed by atoms with van der Waals surface area (Å²) in [5.74, 6) is 2.55. The van der Waals surface area contributed by atoms with Crippen molar-refractivity contribution in [2.45, 2.75) is 49.4 Å². The predicted octanol–water partition coefficient (Wildman–Crippen LogP) is 3.60. The molecule has 0 radical (unpaired) electrons. The predicted molar refractivity (Wildman–Crippen MR) is 150 cm³/mol. The van der Waals surface area contributed by atoms with Crippen molar-refractivity contribution < 1.29 is 19.0 Å². The Balaban J connectivity index is 1.02. The lowest BCUT2D eigenvalue weighted by Gasteiger charge is -2.62. The Morgan fingerprint density at radius 3 is 2.78 bits per heavy atom. The number of ether oxygens (including phenoxy) is 2. The number of aliphatic hydroxyl groups excluding tert-OH is 1. The highest BCUT2D eigenvalue weighted by Crippen LogP contribution is 2.58. The van der Waals surface area contributed by atoms with Gasteiger partial charge in [0.15, 0.2) is 12.4 Å². The molecule has 5 heterocycles. The molecular formula is C29H29FN8O3. The molecule has 11 nitrogen and oxygen atoms in total. The molecule has 4 aromatic heterocycles. The number of nitrogens with one attached hydrogen (secondary N) is 1. The Morgan fingerprint density at radius 1 is 1.20 bits per heavy atom. The molecule has 5 aromatic rings. The van der Waals surface area contributed by atoms with Gasteiger partial charge in [-0.15, -0.1) is 0 Å². The number of fused-ring (bicyclic) bond motifs is 2. The van der Waals surface area contributed by atoms with Crippen LogP contribution in [0.3, 0.4) is 0 Å². The van der Waals surface area contributed by atoms with E-state index in [0.717, 1.165) is 22.6 Å². The molecule has 210 valence electrons. The number of nitrogens with zero attached hydrogens (tertiary/aromatic N) is 6. The number of pyridine rings is 1. The lowest BCUT2D eigenvalue weighted by Crippen LogP contribution is -2.63. The van der Waals surface area contributed by atoms with Crippen molar-refractivity contribution in [3.05, 3.63) is 55.1 Å². The van der Waals surface area contributed by atoms with E-state index in [2.05, 4.69) is 20.4 Å². The van der Waals surface area contributed by atoms with Gasteiger partial charge < -0.3 is 30.2 Å². The van der Waals surface area contributed by atoms with Crippen LogP contribution in [0.1, 0.15) is 25.5 Å². The van der Waals surface area contributed by atoms with E-state index in [-0.39, 0.29) is 18.0 Å². The molecule has 4 atom stereocenters. The molecular weight excluding hydrogens is 527 g/mol. The number of nitrogens with two attached hydrogens (primary N) is 1. The van der Waals surface area contributed by atoms with E-state index in [0.29, 0.717) is 28.0 Å². The van der Waals surface area contributed by atoms with Crippen LogP contribution in [0.25, 0.3) is 33.2 Å². The maximum Gasteiger partial charge on any atom is 0.173 e. The summed E-state index contributed by atoms with van der Waals surface area (Å²) in [6.07, 6.45) is 3.29. The van der Waals surface area contributed by atoms with Gasteiger partial charge in [-0.2, -0.15) is 5.10 Å². The summed E-state index contributed by atoms with van der Waals surface area (Å²) in [5.41, 5.74) is 8.90. The molecule has 3 aliphatic carbocycles. The zero-order valence-electron chi connectivity index (χ0n) is 22.3. The molecule has 1 aromatic carbocycles. The van der Waals surface area contributed by atoms with Crippen molar-refractivity contribution in [1.29, 1.82) is 0 Å². The van der Waals surface area contributed by atoms with E-state index in [9.17, 15) is 5.11 Å². The highest BCUT2D eigenvalue weighted by atomic mass is 19.1. The average Bonchev–Trinajstić information content (AvgIpc) is 3.60. The molecule has 0 amide bonds. The number of halogens is 1. The second-order valence-corrected chi connectivity index (χ2v) is 11.5. The SMILES string of the molecule is Cn1ccc(-c2cn([C@@H]3O[C@H](COc4ccc5ccc(NC67CC(C6)C7)nc5c4)[C@@H](O)[C@@H]3F)c3ncnc(N)c23)n1. The van der Waals surface area contributed by atoms with Gasteiger partial charge in [-0.1, -0.05) is 0 Å². The smallest absolute Gasteiger partial charge is 0.173 e. The fraction of sp³-hybridized carbons (Fsp3) is 0.379. The Kier molecular flexibility index (Phi) is 5.29. The maximum atomic E-state index is 15.5. The Morgan fingerprint density at radius 2 is 2.02 bits per heavy atom. The first-order chi connectivity index (χ1) is 19.9. The Labute approximate surface area is 234 Å². The Hall–Kier alpha value is -4.29. The summed E-state index contributed by atoms with van der Waals surface area (Å²) in [5, 5.41) is 20.4.